The van der Waals surface area contributed by atoms with Crippen molar-refractivity contribution in [2.75, 3.05) is 0 Å². The molecule has 0 aliphatic carbocycles. The Kier molecular flexibility index (Phi) is 3.25. The molecule has 0 atom stereocenters. The fourth-order valence-electron chi connectivity index (χ4n) is 1.52. The molecule has 1 aromatic heterocycles. The molecule has 92 valence electrons. The van der Waals surface area contributed by atoms with Gasteiger partial charge in [-0.15, -0.1) is 11.3 Å². The summed E-state index contributed by atoms with van der Waals surface area (Å²) in [5.74, 6) is -1.45. The van der Waals surface area contributed by atoms with Crippen LogP contribution in [0.15, 0.2) is 24.3 Å². The van der Waals surface area contributed by atoms with Gasteiger partial charge in [-0.25, -0.2) is 9.78 Å². The summed E-state index contributed by atoms with van der Waals surface area (Å²) in [4.78, 5) is 26.6. The molecule has 0 aliphatic heterocycles. The van der Waals surface area contributed by atoms with Gasteiger partial charge in [-0.05, 0) is 6.92 Å². The SMILES string of the molecule is CC(=O)c1sc(-c2ccc(C)cc2)nc1C(=O)O. The van der Waals surface area contributed by atoms with Crippen LogP contribution in [0.5, 0.6) is 0 Å². The van der Waals surface area contributed by atoms with Crippen molar-refractivity contribution in [3.63, 3.8) is 0 Å². The number of carbonyl (C=O) groups excluding carboxylic acids is 1. The third-order valence-corrected chi connectivity index (χ3v) is 3.65. The lowest BCUT2D eigenvalue weighted by atomic mass is 10.2. The van der Waals surface area contributed by atoms with Gasteiger partial charge in [-0.1, -0.05) is 29.8 Å². The highest BCUT2D eigenvalue weighted by atomic mass is 32.1. The van der Waals surface area contributed by atoms with E-state index < -0.39 is 5.97 Å². The van der Waals surface area contributed by atoms with Crippen molar-refractivity contribution in [1.82, 2.24) is 4.98 Å². The van der Waals surface area contributed by atoms with E-state index in [0.29, 0.717) is 5.01 Å². The number of carboxylic acid groups (broad SMARTS) is 1. The smallest absolute Gasteiger partial charge is 0.356 e. The van der Waals surface area contributed by atoms with Gasteiger partial charge in [0.15, 0.2) is 11.5 Å². The summed E-state index contributed by atoms with van der Waals surface area (Å²) < 4.78 is 0. The van der Waals surface area contributed by atoms with Gasteiger partial charge in [-0.2, -0.15) is 0 Å². The topological polar surface area (TPSA) is 67.3 Å². The largest absolute Gasteiger partial charge is 0.476 e. The molecule has 0 bridgehead atoms. The van der Waals surface area contributed by atoms with Gasteiger partial charge in [0, 0.05) is 12.5 Å². The van der Waals surface area contributed by atoms with Crippen molar-refractivity contribution >= 4 is 23.1 Å². The molecule has 1 heterocycles. The van der Waals surface area contributed by atoms with Gasteiger partial charge in [0.05, 0.1) is 0 Å². The molecule has 5 heteroatoms. The third-order valence-electron chi connectivity index (χ3n) is 2.45. The molecule has 1 aromatic carbocycles. The zero-order valence-electron chi connectivity index (χ0n) is 9.93. The average Bonchev–Trinajstić information content (AvgIpc) is 2.75. The molecule has 0 spiro atoms. The molecule has 0 radical (unpaired) electrons. The number of carbonyl (C=O) groups is 2. The quantitative estimate of drug-likeness (QED) is 0.862. The molecular weight excluding hydrogens is 250 g/mol. The molecule has 0 unspecified atom stereocenters. The number of thiazole rings is 1. The summed E-state index contributed by atoms with van der Waals surface area (Å²) in [6.07, 6.45) is 0. The van der Waals surface area contributed by atoms with Crippen molar-refractivity contribution in [3.05, 3.63) is 40.4 Å². The highest BCUT2D eigenvalue weighted by Gasteiger charge is 2.20. The summed E-state index contributed by atoms with van der Waals surface area (Å²) in [5.41, 5.74) is 1.77. The Bertz CT molecular complexity index is 582. The van der Waals surface area contributed by atoms with E-state index in [9.17, 15) is 9.59 Å². The first-order valence-electron chi connectivity index (χ1n) is 5.31. The zero-order chi connectivity index (χ0) is 13.3. The lowest BCUT2D eigenvalue weighted by Gasteiger charge is -1.96. The Morgan fingerprint density at radius 2 is 1.83 bits per heavy atom. The number of ketones is 1. The monoisotopic (exact) mass is 261 g/mol. The molecule has 0 fully saturated rings. The number of carboxylic acids is 1. The number of rotatable bonds is 3. The van der Waals surface area contributed by atoms with Crippen LogP contribution in [0.3, 0.4) is 0 Å². The number of aromatic nitrogens is 1. The first-order valence-corrected chi connectivity index (χ1v) is 6.13. The van der Waals surface area contributed by atoms with Crippen LogP contribution in [-0.4, -0.2) is 21.8 Å². The molecular formula is C13H11NO3S. The average molecular weight is 261 g/mol. The summed E-state index contributed by atoms with van der Waals surface area (Å²) in [5, 5.41) is 9.56. The molecule has 0 amide bonds. The molecule has 2 aromatic rings. The fourth-order valence-corrected chi connectivity index (χ4v) is 2.48. The second-order valence-electron chi connectivity index (χ2n) is 3.92. The highest BCUT2D eigenvalue weighted by molar-refractivity contribution is 7.17. The number of Topliss-reactive ketones (excluding diaryl/α,β-unsaturated/α-hetero) is 1. The fraction of sp³-hybridized carbons (Fsp3) is 0.154. The van der Waals surface area contributed by atoms with Crippen LogP contribution in [0.1, 0.15) is 32.6 Å². The van der Waals surface area contributed by atoms with E-state index in [1.807, 2.05) is 31.2 Å². The Labute approximate surface area is 108 Å². The van der Waals surface area contributed by atoms with Gasteiger partial charge in [-0.3, -0.25) is 4.79 Å². The zero-order valence-corrected chi connectivity index (χ0v) is 10.7. The number of benzene rings is 1. The van der Waals surface area contributed by atoms with Crippen LogP contribution in [0.25, 0.3) is 10.6 Å². The second-order valence-corrected chi connectivity index (χ2v) is 4.92. The van der Waals surface area contributed by atoms with Crippen LogP contribution in [0.2, 0.25) is 0 Å². The van der Waals surface area contributed by atoms with Crippen LogP contribution in [0, 0.1) is 6.92 Å². The number of aromatic carboxylic acids is 1. The Morgan fingerprint density at radius 1 is 1.22 bits per heavy atom. The van der Waals surface area contributed by atoms with Gasteiger partial charge in [0.25, 0.3) is 0 Å². The van der Waals surface area contributed by atoms with Gasteiger partial charge in [0.1, 0.15) is 9.88 Å². The van der Waals surface area contributed by atoms with Gasteiger partial charge in [0.2, 0.25) is 0 Å². The Hall–Kier alpha value is -2.01. The van der Waals surface area contributed by atoms with E-state index in [4.69, 9.17) is 5.11 Å². The third kappa shape index (κ3) is 2.31. The van der Waals surface area contributed by atoms with E-state index in [0.717, 1.165) is 22.5 Å². The summed E-state index contributed by atoms with van der Waals surface area (Å²) in [6.45, 7) is 3.31. The Morgan fingerprint density at radius 3 is 2.28 bits per heavy atom. The molecule has 0 saturated heterocycles. The van der Waals surface area contributed by atoms with E-state index >= 15 is 0 Å². The maximum Gasteiger partial charge on any atom is 0.356 e. The van der Waals surface area contributed by atoms with Gasteiger partial charge < -0.3 is 5.11 Å². The number of aryl methyl sites for hydroxylation is 1. The summed E-state index contributed by atoms with van der Waals surface area (Å²) in [7, 11) is 0. The van der Waals surface area contributed by atoms with Crippen molar-refractivity contribution in [2.45, 2.75) is 13.8 Å². The highest BCUT2D eigenvalue weighted by Crippen LogP contribution is 2.28. The molecule has 2 rings (SSSR count). The molecule has 4 nitrogen and oxygen atoms in total. The van der Waals surface area contributed by atoms with Crippen LogP contribution in [-0.2, 0) is 0 Å². The minimum Gasteiger partial charge on any atom is -0.476 e. The van der Waals surface area contributed by atoms with Crippen LogP contribution < -0.4 is 0 Å². The van der Waals surface area contributed by atoms with E-state index in [1.54, 1.807) is 0 Å². The van der Waals surface area contributed by atoms with Crippen LogP contribution in [0.4, 0.5) is 0 Å². The predicted molar refractivity (Wildman–Crippen MR) is 69.3 cm³/mol. The maximum atomic E-state index is 11.4. The standard InChI is InChI=1S/C13H11NO3S/c1-7-3-5-9(6-4-7)12-14-10(13(16)17)11(18-12)8(2)15/h3-6H,1-2H3,(H,16,17). The molecule has 1 N–H and O–H groups in total. The second kappa shape index (κ2) is 4.70. The first kappa shape index (κ1) is 12.4. The van der Waals surface area contributed by atoms with E-state index in [2.05, 4.69) is 4.98 Å². The lowest BCUT2D eigenvalue weighted by Crippen LogP contribution is -2.03. The van der Waals surface area contributed by atoms with Crippen molar-refractivity contribution in [2.24, 2.45) is 0 Å². The molecule has 0 saturated carbocycles. The van der Waals surface area contributed by atoms with Crippen molar-refractivity contribution in [3.8, 4) is 10.6 Å². The first-order chi connectivity index (χ1) is 8.49. The Balaban J connectivity index is 2.53. The van der Waals surface area contributed by atoms with Crippen molar-refractivity contribution in [1.29, 1.82) is 0 Å². The van der Waals surface area contributed by atoms with Gasteiger partial charge >= 0.3 is 5.97 Å². The van der Waals surface area contributed by atoms with Crippen LogP contribution >= 0.6 is 11.3 Å². The normalized spacial score (nSPS) is 10.3. The number of hydrogen-bond donors (Lipinski definition) is 1. The van der Waals surface area contributed by atoms with E-state index in [1.165, 1.54) is 6.92 Å². The lowest BCUT2D eigenvalue weighted by molar-refractivity contribution is 0.0687. The van der Waals surface area contributed by atoms with E-state index in [-0.39, 0.29) is 16.4 Å². The minimum absolute atomic E-state index is 0.164. The predicted octanol–water partition coefficient (Wildman–Crippen LogP) is 3.02. The summed E-state index contributed by atoms with van der Waals surface area (Å²) >= 11 is 1.11. The molecule has 18 heavy (non-hydrogen) atoms. The molecule has 0 aliphatic rings. The maximum absolute atomic E-state index is 11.4. The summed E-state index contributed by atoms with van der Waals surface area (Å²) in [6, 6.07) is 7.57. The van der Waals surface area contributed by atoms with Crippen molar-refractivity contribution < 1.29 is 14.7 Å². The number of nitrogens with zero attached hydrogens (tertiary/aromatic N) is 1. The number of hydrogen-bond acceptors (Lipinski definition) is 4. The minimum atomic E-state index is -1.17.